The van der Waals surface area contributed by atoms with Crippen molar-refractivity contribution in [1.29, 1.82) is 0 Å². The standard InChI is InChI=1S/C15H15N3S/c1-2-17-13-8-14(10-16-9-13)18-12-3-4-15-11(7-12)5-6-19-15/h3-10,17-18H,2H2,1H3. The van der Waals surface area contributed by atoms with Crippen molar-refractivity contribution in [2.75, 3.05) is 17.2 Å². The van der Waals surface area contributed by atoms with Gasteiger partial charge in [-0.1, -0.05) is 0 Å². The van der Waals surface area contributed by atoms with E-state index in [1.807, 2.05) is 12.4 Å². The number of hydrogen-bond donors (Lipinski definition) is 2. The summed E-state index contributed by atoms with van der Waals surface area (Å²) in [4.78, 5) is 4.23. The molecule has 0 bridgehead atoms. The third-order valence-corrected chi connectivity index (χ3v) is 3.76. The lowest BCUT2D eigenvalue weighted by Gasteiger charge is -2.08. The van der Waals surface area contributed by atoms with E-state index < -0.39 is 0 Å². The van der Waals surface area contributed by atoms with Gasteiger partial charge in [-0.3, -0.25) is 4.98 Å². The first-order valence-electron chi connectivity index (χ1n) is 6.28. The molecule has 0 aliphatic rings. The van der Waals surface area contributed by atoms with Crippen molar-refractivity contribution < 1.29 is 0 Å². The molecule has 0 spiro atoms. The van der Waals surface area contributed by atoms with E-state index in [0.717, 1.165) is 23.6 Å². The van der Waals surface area contributed by atoms with Crippen LogP contribution in [0.2, 0.25) is 0 Å². The third-order valence-electron chi connectivity index (χ3n) is 2.86. The van der Waals surface area contributed by atoms with Gasteiger partial charge in [0.1, 0.15) is 0 Å². The summed E-state index contributed by atoms with van der Waals surface area (Å²) in [5.41, 5.74) is 3.11. The molecule has 4 heteroatoms. The van der Waals surface area contributed by atoms with Crippen LogP contribution in [0, 0.1) is 0 Å². The Hall–Kier alpha value is -2.07. The molecule has 2 N–H and O–H groups in total. The van der Waals surface area contributed by atoms with Crippen molar-refractivity contribution in [3.05, 3.63) is 48.1 Å². The minimum absolute atomic E-state index is 0.895. The van der Waals surface area contributed by atoms with Crippen LogP contribution >= 0.6 is 11.3 Å². The van der Waals surface area contributed by atoms with Gasteiger partial charge in [-0.05, 0) is 48.0 Å². The fourth-order valence-corrected chi connectivity index (χ4v) is 2.79. The SMILES string of the molecule is CCNc1cncc(Nc2ccc3sccc3c2)c1. The second-order valence-corrected chi connectivity index (χ2v) is 5.24. The summed E-state index contributed by atoms with van der Waals surface area (Å²) in [6.07, 6.45) is 3.66. The number of fused-ring (bicyclic) bond motifs is 1. The highest BCUT2D eigenvalue weighted by Gasteiger charge is 2.00. The summed E-state index contributed by atoms with van der Waals surface area (Å²) in [6, 6.07) is 10.6. The van der Waals surface area contributed by atoms with Gasteiger partial charge in [0, 0.05) is 16.9 Å². The number of aromatic nitrogens is 1. The zero-order valence-electron chi connectivity index (χ0n) is 10.7. The second-order valence-electron chi connectivity index (χ2n) is 4.29. The van der Waals surface area contributed by atoms with E-state index in [1.165, 1.54) is 10.1 Å². The molecule has 0 radical (unpaired) electrons. The Bertz CT molecular complexity index is 690. The third kappa shape index (κ3) is 2.69. The van der Waals surface area contributed by atoms with Gasteiger partial charge in [-0.25, -0.2) is 0 Å². The molecule has 0 unspecified atom stereocenters. The Morgan fingerprint density at radius 1 is 1.05 bits per heavy atom. The lowest BCUT2D eigenvalue weighted by Crippen LogP contribution is -1.98. The number of nitrogens with zero attached hydrogens (tertiary/aromatic N) is 1. The zero-order chi connectivity index (χ0) is 13.1. The predicted molar refractivity (Wildman–Crippen MR) is 83.5 cm³/mol. The maximum absolute atomic E-state index is 4.23. The van der Waals surface area contributed by atoms with E-state index >= 15 is 0 Å². The molecule has 2 heterocycles. The second kappa shape index (κ2) is 5.28. The molecule has 3 aromatic rings. The van der Waals surface area contributed by atoms with Crippen LogP contribution in [-0.2, 0) is 0 Å². The smallest absolute Gasteiger partial charge is 0.0591 e. The van der Waals surface area contributed by atoms with Crippen LogP contribution in [0.25, 0.3) is 10.1 Å². The molecule has 0 atom stereocenters. The molecule has 0 amide bonds. The number of hydrogen-bond acceptors (Lipinski definition) is 4. The molecule has 19 heavy (non-hydrogen) atoms. The van der Waals surface area contributed by atoms with Crippen LogP contribution < -0.4 is 10.6 Å². The van der Waals surface area contributed by atoms with Crippen LogP contribution in [0.4, 0.5) is 17.1 Å². The number of thiophene rings is 1. The molecule has 0 saturated carbocycles. The van der Waals surface area contributed by atoms with E-state index in [0.29, 0.717) is 0 Å². The van der Waals surface area contributed by atoms with Gasteiger partial charge in [0.15, 0.2) is 0 Å². The minimum Gasteiger partial charge on any atom is -0.384 e. The average molecular weight is 269 g/mol. The van der Waals surface area contributed by atoms with Gasteiger partial charge in [-0.15, -0.1) is 11.3 Å². The van der Waals surface area contributed by atoms with Gasteiger partial charge < -0.3 is 10.6 Å². The summed E-state index contributed by atoms with van der Waals surface area (Å²) < 4.78 is 1.31. The molecule has 96 valence electrons. The first-order chi connectivity index (χ1) is 9.35. The Balaban J connectivity index is 1.85. The molecule has 3 rings (SSSR count). The van der Waals surface area contributed by atoms with E-state index in [-0.39, 0.29) is 0 Å². The van der Waals surface area contributed by atoms with Gasteiger partial charge in [0.25, 0.3) is 0 Å². The maximum atomic E-state index is 4.23. The molecule has 0 saturated heterocycles. The zero-order valence-corrected chi connectivity index (χ0v) is 11.5. The summed E-state index contributed by atoms with van der Waals surface area (Å²) in [5.74, 6) is 0. The number of pyridine rings is 1. The van der Waals surface area contributed by atoms with Crippen LogP contribution in [0.1, 0.15) is 6.92 Å². The monoisotopic (exact) mass is 269 g/mol. The van der Waals surface area contributed by atoms with Crippen molar-refractivity contribution in [3.8, 4) is 0 Å². The maximum Gasteiger partial charge on any atom is 0.0591 e. The summed E-state index contributed by atoms with van der Waals surface area (Å²) in [6.45, 7) is 2.97. The van der Waals surface area contributed by atoms with Crippen LogP contribution in [0.3, 0.4) is 0 Å². The highest BCUT2D eigenvalue weighted by atomic mass is 32.1. The normalized spacial score (nSPS) is 10.6. The fraction of sp³-hybridized carbons (Fsp3) is 0.133. The largest absolute Gasteiger partial charge is 0.384 e. The molecule has 2 aromatic heterocycles. The molecule has 1 aromatic carbocycles. The van der Waals surface area contributed by atoms with Crippen molar-refractivity contribution >= 4 is 38.5 Å². The lowest BCUT2D eigenvalue weighted by molar-refractivity contribution is 1.19. The van der Waals surface area contributed by atoms with Gasteiger partial charge in [-0.2, -0.15) is 0 Å². The van der Waals surface area contributed by atoms with Crippen LogP contribution in [0.5, 0.6) is 0 Å². The van der Waals surface area contributed by atoms with Gasteiger partial charge in [0.2, 0.25) is 0 Å². The van der Waals surface area contributed by atoms with E-state index in [9.17, 15) is 0 Å². The van der Waals surface area contributed by atoms with E-state index in [2.05, 4.69) is 58.3 Å². The molecule has 0 aliphatic heterocycles. The molecule has 0 fully saturated rings. The Kier molecular flexibility index (Phi) is 3.33. The Morgan fingerprint density at radius 3 is 2.84 bits per heavy atom. The fourth-order valence-electron chi connectivity index (χ4n) is 2.02. The Labute approximate surface area is 116 Å². The molecule has 0 aliphatic carbocycles. The summed E-state index contributed by atoms with van der Waals surface area (Å²) >= 11 is 1.76. The van der Waals surface area contributed by atoms with Crippen molar-refractivity contribution in [2.24, 2.45) is 0 Å². The molecular weight excluding hydrogens is 254 g/mol. The summed E-state index contributed by atoms with van der Waals surface area (Å²) in [7, 11) is 0. The highest BCUT2D eigenvalue weighted by molar-refractivity contribution is 7.17. The highest BCUT2D eigenvalue weighted by Crippen LogP contribution is 2.26. The Morgan fingerprint density at radius 2 is 1.95 bits per heavy atom. The van der Waals surface area contributed by atoms with E-state index in [1.54, 1.807) is 11.3 Å². The predicted octanol–water partition coefficient (Wildman–Crippen LogP) is 4.47. The summed E-state index contributed by atoms with van der Waals surface area (Å²) in [5, 5.41) is 10.0. The van der Waals surface area contributed by atoms with Crippen LogP contribution in [-0.4, -0.2) is 11.5 Å². The molecule has 3 nitrogen and oxygen atoms in total. The molecular formula is C15H15N3S. The number of benzene rings is 1. The number of nitrogens with one attached hydrogen (secondary N) is 2. The van der Waals surface area contributed by atoms with Crippen molar-refractivity contribution in [1.82, 2.24) is 4.98 Å². The van der Waals surface area contributed by atoms with Crippen molar-refractivity contribution in [3.63, 3.8) is 0 Å². The first-order valence-corrected chi connectivity index (χ1v) is 7.16. The van der Waals surface area contributed by atoms with Crippen LogP contribution in [0.15, 0.2) is 48.1 Å². The average Bonchev–Trinajstić information content (AvgIpc) is 2.87. The van der Waals surface area contributed by atoms with Gasteiger partial charge >= 0.3 is 0 Å². The number of rotatable bonds is 4. The lowest BCUT2D eigenvalue weighted by atomic mass is 10.2. The van der Waals surface area contributed by atoms with Gasteiger partial charge in [0.05, 0.1) is 23.8 Å². The topological polar surface area (TPSA) is 37.0 Å². The quantitative estimate of drug-likeness (QED) is 0.733. The first kappa shape index (κ1) is 12.0. The minimum atomic E-state index is 0.895. The van der Waals surface area contributed by atoms with E-state index in [4.69, 9.17) is 0 Å². The van der Waals surface area contributed by atoms with Crippen molar-refractivity contribution in [2.45, 2.75) is 6.92 Å². The number of anilines is 3.